The third kappa shape index (κ3) is 2.59. The van der Waals surface area contributed by atoms with Crippen molar-refractivity contribution < 1.29 is 9.52 Å². The van der Waals surface area contributed by atoms with Crippen LogP contribution in [0.1, 0.15) is 18.6 Å². The first kappa shape index (κ1) is 10.2. The van der Waals surface area contributed by atoms with E-state index in [0.717, 1.165) is 42.9 Å². The lowest BCUT2D eigenvalue weighted by Gasteiger charge is -2.28. The van der Waals surface area contributed by atoms with Crippen LogP contribution in [0.4, 0.5) is 0 Å². The van der Waals surface area contributed by atoms with Crippen LogP contribution in [-0.4, -0.2) is 29.2 Å². The van der Waals surface area contributed by atoms with Gasteiger partial charge in [-0.1, -0.05) is 0 Å². The van der Waals surface area contributed by atoms with Gasteiger partial charge in [-0.15, -0.1) is 0 Å². The van der Waals surface area contributed by atoms with E-state index in [4.69, 9.17) is 4.42 Å². The van der Waals surface area contributed by atoms with E-state index < -0.39 is 0 Å². The molecule has 0 radical (unpaired) electrons. The molecule has 78 valence electrons. The van der Waals surface area contributed by atoms with Crippen molar-refractivity contribution in [3.63, 3.8) is 0 Å². The van der Waals surface area contributed by atoms with Gasteiger partial charge in [0.25, 0.3) is 0 Å². The predicted octanol–water partition coefficient (Wildman–Crippen LogP) is 2.00. The van der Waals surface area contributed by atoms with Gasteiger partial charge in [-0.3, -0.25) is 4.90 Å². The number of hydrogen-bond donors (Lipinski definition) is 1. The fraction of sp³-hybridized carbons (Fsp3) is 0.600. The van der Waals surface area contributed by atoms with E-state index in [1.807, 2.05) is 12.1 Å². The summed E-state index contributed by atoms with van der Waals surface area (Å²) in [6.45, 7) is 2.76. The van der Waals surface area contributed by atoms with Crippen LogP contribution in [0.3, 0.4) is 0 Å². The van der Waals surface area contributed by atoms with Crippen LogP contribution in [-0.2, 0) is 6.54 Å². The Balaban J connectivity index is 1.86. The normalized spacial score (nSPS) is 20.1. The number of halogens is 1. The number of piperidine rings is 1. The van der Waals surface area contributed by atoms with Crippen molar-refractivity contribution in [1.29, 1.82) is 0 Å². The Bertz CT molecular complexity index is 292. The van der Waals surface area contributed by atoms with Crippen LogP contribution in [0.2, 0.25) is 0 Å². The zero-order valence-electron chi connectivity index (χ0n) is 7.95. The molecule has 0 atom stereocenters. The molecule has 1 N–H and O–H groups in total. The molecule has 1 fully saturated rings. The van der Waals surface area contributed by atoms with Crippen LogP contribution < -0.4 is 0 Å². The van der Waals surface area contributed by atoms with Gasteiger partial charge < -0.3 is 9.52 Å². The van der Waals surface area contributed by atoms with Crippen molar-refractivity contribution in [3.05, 3.63) is 22.6 Å². The van der Waals surface area contributed by atoms with Crippen molar-refractivity contribution in [2.24, 2.45) is 0 Å². The lowest BCUT2D eigenvalue weighted by Crippen LogP contribution is -2.35. The molecule has 2 rings (SSSR count). The first-order valence-electron chi connectivity index (χ1n) is 4.88. The molecular formula is C10H14BrNO2. The predicted molar refractivity (Wildman–Crippen MR) is 56.9 cm³/mol. The average molecular weight is 260 g/mol. The second-order valence-corrected chi connectivity index (χ2v) is 4.49. The number of hydrogen-bond acceptors (Lipinski definition) is 3. The molecule has 0 amide bonds. The van der Waals surface area contributed by atoms with Gasteiger partial charge in [-0.05, 0) is 40.9 Å². The van der Waals surface area contributed by atoms with Crippen LogP contribution in [0.5, 0.6) is 0 Å². The molecule has 1 aliphatic heterocycles. The van der Waals surface area contributed by atoms with Crippen molar-refractivity contribution in [2.75, 3.05) is 13.1 Å². The second kappa shape index (κ2) is 4.47. The van der Waals surface area contributed by atoms with Crippen molar-refractivity contribution >= 4 is 15.9 Å². The summed E-state index contributed by atoms with van der Waals surface area (Å²) in [5.74, 6) is 0.980. The van der Waals surface area contributed by atoms with Gasteiger partial charge in [0, 0.05) is 13.1 Å². The Morgan fingerprint density at radius 1 is 1.43 bits per heavy atom. The molecule has 3 nitrogen and oxygen atoms in total. The Labute approximate surface area is 91.8 Å². The third-order valence-electron chi connectivity index (χ3n) is 2.57. The fourth-order valence-electron chi connectivity index (χ4n) is 1.73. The molecule has 1 aliphatic rings. The van der Waals surface area contributed by atoms with E-state index in [1.54, 1.807) is 0 Å². The Hall–Kier alpha value is -0.320. The van der Waals surface area contributed by atoms with E-state index in [2.05, 4.69) is 20.8 Å². The zero-order chi connectivity index (χ0) is 9.97. The third-order valence-corrected chi connectivity index (χ3v) is 2.99. The minimum Gasteiger partial charge on any atom is -0.453 e. The van der Waals surface area contributed by atoms with E-state index in [9.17, 15) is 5.11 Å². The number of rotatable bonds is 2. The summed E-state index contributed by atoms with van der Waals surface area (Å²) >= 11 is 3.28. The summed E-state index contributed by atoms with van der Waals surface area (Å²) < 4.78 is 6.21. The molecule has 0 unspecified atom stereocenters. The van der Waals surface area contributed by atoms with E-state index >= 15 is 0 Å². The molecule has 1 aromatic heterocycles. The SMILES string of the molecule is OC1CCN(Cc2ccc(Br)o2)CC1. The van der Waals surface area contributed by atoms with Crippen LogP contribution >= 0.6 is 15.9 Å². The maximum absolute atomic E-state index is 9.34. The first-order valence-corrected chi connectivity index (χ1v) is 5.68. The zero-order valence-corrected chi connectivity index (χ0v) is 9.53. The summed E-state index contributed by atoms with van der Waals surface area (Å²) in [4.78, 5) is 2.30. The van der Waals surface area contributed by atoms with Crippen LogP contribution in [0, 0.1) is 0 Å². The number of aliphatic hydroxyl groups is 1. The lowest BCUT2D eigenvalue weighted by molar-refractivity contribution is 0.0758. The van der Waals surface area contributed by atoms with Crippen LogP contribution in [0.15, 0.2) is 21.2 Å². The van der Waals surface area contributed by atoms with Crippen molar-refractivity contribution in [1.82, 2.24) is 4.90 Å². The highest BCUT2D eigenvalue weighted by molar-refractivity contribution is 9.10. The molecule has 0 spiro atoms. The van der Waals surface area contributed by atoms with Gasteiger partial charge in [0.2, 0.25) is 0 Å². The molecule has 14 heavy (non-hydrogen) atoms. The standard InChI is InChI=1S/C10H14BrNO2/c11-10-2-1-9(14-10)7-12-5-3-8(13)4-6-12/h1-2,8,13H,3-7H2. The Kier molecular flexibility index (Phi) is 3.26. The van der Waals surface area contributed by atoms with Gasteiger partial charge in [0.1, 0.15) is 5.76 Å². The highest BCUT2D eigenvalue weighted by Crippen LogP contribution is 2.18. The number of furan rings is 1. The minimum absolute atomic E-state index is 0.102. The van der Waals surface area contributed by atoms with Gasteiger partial charge in [0.05, 0.1) is 12.6 Å². The van der Waals surface area contributed by atoms with E-state index in [0.29, 0.717) is 0 Å². The van der Waals surface area contributed by atoms with Crippen molar-refractivity contribution in [3.8, 4) is 0 Å². The Morgan fingerprint density at radius 3 is 2.71 bits per heavy atom. The molecule has 0 aromatic carbocycles. The smallest absolute Gasteiger partial charge is 0.169 e. The largest absolute Gasteiger partial charge is 0.453 e. The maximum Gasteiger partial charge on any atom is 0.169 e. The number of aliphatic hydroxyl groups excluding tert-OH is 1. The quantitative estimate of drug-likeness (QED) is 0.883. The maximum atomic E-state index is 9.34. The Morgan fingerprint density at radius 2 is 2.14 bits per heavy atom. The van der Waals surface area contributed by atoms with Gasteiger partial charge >= 0.3 is 0 Å². The number of nitrogens with zero attached hydrogens (tertiary/aromatic N) is 1. The minimum atomic E-state index is -0.102. The summed E-state index contributed by atoms with van der Waals surface area (Å²) in [6, 6.07) is 3.89. The second-order valence-electron chi connectivity index (χ2n) is 3.71. The highest BCUT2D eigenvalue weighted by Gasteiger charge is 2.17. The molecule has 2 heterocycles. The molecule has 0 bridgehead atoms. The van der Waals surface area contributed by atoms with E-state index in [1.165, 1.54) is 0 Å². The van der Waals surface area contributed by atoms with Crippen LogP contribution in [0.25, 0.3) is 0 Å². The monoisotopic (exact) mass is 259 g/mol. The summed E-state index contributed by atoms with van der Waals surface area (Å²) in [5.41, 5.74) is 0. The lowest BCUT2D eigenvalue weighted by atomic mass is 10.1. The first-order chi connectivity index (χ1) is 6.74. The molecule has 4 heteroatoms. The molecule has 0 aliphatic carbocycles. The summed E-state index contributed by atoms with van der Waals surface area (Å²) in [6.07, 6.45) is 1.65. The highest BCUT2D eigenvalue weighted by atomic mass is 79.9. The molecule has 0 saturated carbocycles. The number of likely N-dealkylation sites (tertiary alicyclic amines) is 1. The summed E-state index contributed by atoms with van der Waals surface area (Å²) in [7, 11) is 0. The summed E-state index contributed by atoms with van der Waals surface area (Å²) in [5, 5.41) is 9.34. The van der Waals surface area contributed by atoms with Gasteiger partial charge in [-0.2, -0.15) is 0 Å². The molecule has 1 saturated heterocycles. The van der Waals surface area contributed by atoms with E-state index in [-0.39, 0.29) is 6.10 Å². The average Bonchev–Trinajstić information content (AvgIpc) is 2.56. The van der Waals surface area contributed by atoms with Crippen molar-refractivity contribution in [2.45, 2.75) is 25.5 Å². The molecular weight excluding hydrogens is 246 g/mol. The molecule has 1 aromatic rings. The van der Waals surface area contributed by atoms with Gasteiger partial charge in [-0.25, -0.2) is 0 Å². The fourth-order valence-corrected chi connectivity index (χ4v) is 2.07. The van der Waals surface area contributed by atoms with Gasteiger partial charge in [0.15, 0.2) is 4.67 Å². The topological polar surface area (TPSA) is 36.6 Å².